The van der Waals surface area contributed by atoms with Crippen LogP contribution in [0.25, 0.3) is 0 Å². The molecule has 0 aliphatic heterocycles. The molecule has 0 aromatic carbocycles. The number of hydrogen-bond acceptors (Lipinski definition) is 0. The fourth-order valence-corrected chi connectivity index (χ4v) is 0. The van der Waals surface area contributed by atoms with Gasteiger partial charge in [0.25, 0.3) is 0 Å². The topological polar surface area (TPSA) is 23.8 Å². The predicted molar refractivity (Wildman–Crippen MR) is 18.6 cm³/mol. The molecule has 0 aliphatic carbocycles. The average molecular weight is 112 g/mol. The third-order valence-electron chi connectivity index (χ3n) is 0.491. The van der Waals surface area contributed by atoms with Gasteiger partial charge in [-0.25, -0.2) is 5.73 Å². The lowest BCUT2D eigenvalue weighted by Gasteiger charge is -2.06. The van der Waals surface area contributed by atoms with Gasteiger partial charge in [0.2, 0.25) is 0 Å². The Morgan fingerprint density at radius 3 is 1.57 bits per heavy atom. The Labute approximate surface area is 39.3 Å². The molecule has 0 fully saturated rings. The van der Waals surface area contributed by atoms with Crippen molar-refractivity contribution in [2.75, 3.05) is 0 Å². The van der Waals surface area contributed by atoms with Crippen molar-refractivity contribution >= 4 is 0 Å². The van der Waals surface area contributed by atoms with Gasteiger partial charge in [0.1, 0.15) is 6.04 Å². The first-order valence-corrected chi connectivity index (χ1v) is 1.72. The Kier molecular flexibility index (Phi) is 1.63. The largest absolute Gasteiger partial charge is 0.404 e. The molecule has 43 valence electrons. The smallest absolute Gasteiger partial charge is 0.245 e. The molecule has 1 radical (unpaired) electrons. The second kappa shape index (κ2) is 1.69. The highest BCUT2D eigenvalue weighted by molar-refractivity contribution is 4.60. The molecule has 1 N–H and O–H groups in total. The van der Waals surface area contributed by atoms with E-state index in [-0.39, 0.29) is 0 Å². The van der Waals surface area contributed by atoms with Gasteiger partial charge in [0.15, 0.2) is 0 Å². The third kappa shape index (κ3) is 2.45. The van der Waals surface area contributed by atoms with Crippen LogP contribution in [-0.2, 0) is 0 Å². The molecule has 1 nitrogen and oxygen atoms in total. The number of rotatable bonds is 0. The van der Waals surface area contributed by atoms with E-state index < -0.39 is 12.2 Å². The summed E-state index contributed by atoms with van der Waals surface area (Å²) in [6, 6.07) is -1.95. The Bertz CT molecular complexity index is 55.7. The van der Waals surface area contributed by atoms with Crippen LogP contribution < -0.4 is 5.73 Å². The summed E-state index contributed by atoms with van der Waals surface area (Å²) in [7, 11) is 0. The molecule has 0 saturated carbocycles. The summed E-state index contributed by atoms with van der Waals surface area (Å²) in [4.78, 5) is 0. The average Bonchev–Trinajstić information content (AvgIpc) is 1.31. The lowest BCUT2D eigenvalue weighted by atomic mass is 10.4. The Hall–Kier alpha value is -0.250. The standard InChI is InChI=1S/C3H5F3N/c1-2(7)3(4,5)6/h2,7H,1H3. The third-order valence-corrected chi connectivity index (χ3v) is 0.491. The highest BCUT2D eigenvalue weighted by Crippen LogP contribution is 2.17. The van der Waals surface area contributed by atoms with Gasteiger partial charge >= 0.3 is 6.18 Å². The molecule has 0 saturated heterocycles. The molecular weight excluding hydrogens is 107 g/mol. The van der Waals surface area contributed by atoms with Gasteiger partial charge in [-0.15, -0.1) is 0 Å². The van der Waals surface area contributed by atoms with E-state index in [0.717, 1.165) is 6.92 Å². The minimum atomic E-state index is -4.33. The first-order chi connectivity index (χ1) is 2.94. The van der Waals surface area contributed by atoms with E-state index in [4.69, 9.17) is 5.73 Å². The van der Waals surface area contributed by atoms with Crippen LogP contribution in [0.5, 0.6) is 0 Å². The van der Waals surface area contributed by atoms with Gasteiger partial charge in [-0.05, 0) is 6.92 Å². The molecule has 7 heavy (non-hydrogen) atoms. The van der Waals surface area contributed by atoms with Crippen LogP contribution in [0.1, 0.15) is 6.92 Å². The maximum absolute atomic E-state index is 11.0. The minimum absolute atomic E-state index is 0.792. The molecule has 0 aromatic heterocycles. The lowest BCUT2D eigenvalue weighted by molar-refractivity contribution is -0.145. The van der Waals surface area contributed by atoms with Crippen LogP contribution in [0, 0.1) is 0 Å². The van der Waals surface area contributed by atoms with Crippen molar-refractivity contribution < 1.29 is 13.2 Å². The van der Waals surface area contributed by atoms with Gasteiger partial charge in [0, 0.05) is 0 Å². The lowest BCUT2D eigenvalue weighted by Crippen LogP contribution is -2.26. The summed E-state index contributed by atoms with van der Waals surface area (Å²) >= 11 is 0. The molecule has 0 heterocycles. The van der Waals surface area contributed by atoms with Gasteiger partial charge in [0.05, 0.1) is 0 Å². The van der Waals surface area contributed by atoms with Crippen LogP contribution in [0.3, 0.4) is 0 Å². The van der Waals surface area contributed by atoms with Crippen molar-refractivity contribution in [3.8, 4) is 0 Å². The zero-order valence-corrected chi connectivity index (χ0v) is 3.71. The predicted octanol–water partition coefficient (Wildman–Crippen LogP) is 1.22. The summed E-state index contributed by atoms with van der Waals surface area (Å²) in [5.74, 6) is 0. The maximum Gasteiger partial charge on any atom is 0.404 e. The van der Waals surface area contributed by atoms with E-state index in [1.54, 1.807) is 0 Å². The first kappa shape index (κ1) is 6.75. The van der Waals surface area contributed by atoms with Crippen LogP contribution in [0.4, 0.5) is 13.2 Å². The highest BCUT2D eigenvalue weighted by Gasteiger charge is 2.33. The molecule has 0 aromatic rings. The van der Waals surface area contributed by atoms with Gasteiger partial charge < -0.3 is 0 Å². The van der Waals surface area contributed by atoms with Gasteiger partial charge in [-0.3, -0.25) is 0 Å². The molecule has 0 aliphatic rings. The van der Waals surface area contributed by atoms with Gasteiger partial charge in [-0.1, -0.05) is 0 Å². The molecule has 1 unspecified atom stereocenters. The quantitative estimate of drug-likeness (QED) is 0.450. The second-order valence-corrected chi connectivity index (χ2v) is 1.26. The summed E-state index contributed by atoms with van der Waals surface area (Å²) in [6.45, 7) is 0.792. The highest BCUT2D eigenvalue weighted by atomic mass is 19.4. The van der Waals surface area contributed by atoms with Crippen molar-refractivity contribution in [1.82, 2.24) is 5.73 Å². The Balaban J connectivity index is 3.54. The summed E-state index contributed by atoms with van der Waals surface area (Å²) < 4.78 is 33.0. The fraction of sp³-hybridized carbons (Fsp3) is 1.00. The monoisotopic (exact) mass is 112 g/mol. The fourth-order valence-electron chi connectivity index (χ4n) is 0. The maximum atomic E-state index is 11.0. The second-order valence-electron chi connectivity index (χ2n) is 1.26. The van der Waals surface area contributed by atoms with Crippen molar-refractivity contribution in [3.63, 3.8) is 0 Å². The molecule has 1 atom stereocenters. The first-order valence-electron chi connectivity index (χ1n) is 1.72. The molecule has 4 heteroatoms. The van der Waals surface area contributed by atoms with Crippen LogP contribution in [0.2, 0.25) is 0 Å². The SMILES string of the molecule is CC([NH])C(F)(F)F. The van der Waals surface area contributed by atoms with E-state index in [1.807, 2.05) is 0 Å². The summed E-state index contributed by atoms with van der Waals surface area (Å²) in [6.07, 6.45) is -4.33. The zero-order chi connectivity index (χ0) is 6.08. The van der Waals surface area contributed by atoms with Crippen molar-refractivity contribution in [2.45, 2.75) is 19.1 Å². The van der Waals surface area contributed by atoms with Crippen molar-refractivity contribution in [1.29, 1.82) is 0 Å². The Morgan fingerprint density at radius 2 is 1.57 bits per heavy atom. The van der Waals surface area contributed by atoms with E-state index in [9.17, 15) is 13.2 Å². The molecular formula is C3H5F3N. The van der Waals surface area contributed by atoms with Crippen LogP contribution >= 0.6 is 0 Å². The number of hydrogen-bond donors (Lipinski definition) is 0. The minimum Gasteiger partial charge on any atom is -0.245 e. The van der Waals surface area contributed by atoms with Crippen LogP contribution in [-0.4, -0.2) is 12.2 Å². The van der Waals surface area contributed by atoms with E-state index in [0.29, 0.717) is 0 Å². The van der Waals surface area contributed by atoms with E-state index >= 15 is 0 Å². The van der Waals surface area contributed by atoms with Gasteiger partial charge in [-0.2, -0.15) is 13.2 Å². The molecule has 0 bridgehead atoms. The van der Waals surface area contributed by atoms with Crippen LogP contribution in [0.15, 0.2) is 0 Å². The zero-order valence-electron chi connectivity index (χ0n) is 3.71. The molecule has 0 rings (SSSR count). The number of halogens is 3. The molecule has 0 amide bonds. The van der Waals surface area contributed by atoms with E-state index in [1.165, 1.54) is 0 Å². The summed E-state index contributed by atoms with van der Waals surface area (Å²) in [5.41, 5.74) is 6.10. The number of alkyl halides is 3. The Morgan fingerprint density at radius 1 is 1.43 bits per heavy atom. The molecule has 0 spiro atoms. The number of nitrogens with one attached hydrogen (secondary N) is 1. The summed E-state index contributed by atoms with van der Waals surface area (Å²) in [5, 5.41) is 0. The van der Waals surface area contributed by atoms with Crippen molar-refractivity contribution in [2.24, 2.45) is 0 Å². The van der Waals surface area contributed by atoms with E-state index in [2.05, 4.69) is 0 Å². The van der Waals surface area contributed by atoms with Crippen molar-refractivity contribution in [3.05, 3.63) is 0 Å². The normalized spacial score (nSPS) is 16.7.